The molecule has 2 heterocycles. The summed E-state index contributed by atoms with van der Waals surface area (Å²) in [6.45, 7) is 0.287. The maximum atomic E-state index is 13.3. The SMILES string of the molecule is O=C1/C(=C/c2ccc(-c3ccccc3)cc2)S/C(=N/N=C\c2ccc(Br)cc2)N1Cc1ccco1. The van der Waals surface area contributed by atoms with Crippen molar-refractivity contribution in [2.75, 3.05) is 0 Å². The van der Waals surface area contributed by atoms with Crippen molar-refractivity contribution in [2.45, 2.75) is 6.54 Å². The molecule has 7 heteroatoms. The van der Waals surface area contributed by atoms with Gasteiger partial charge in [0.25, 0.3) is 5.91 Å². The fraction of sp³-hybridized carbons (Fsp3) is 0.0357. The Labute approximate surface area is 216 Å². The van der Waals surface area contributed by atoms with Crippen molar-refractivity contribution in [3.63, 3.8) is 0 Å². The zero-order valence-corrected chi connectivity index (χ0v) is 20.9. The zero-order chi connectivity index (χ0) is 24.0. The van der Waals surface area contributed by atoms with Crippen LogP contribution in [0.3, 0.4) is 0 Å². The molecule has 1 aromatic heterocycles. The monoisotopic (exact) mass is 541 g/mol. The zero-order valence-electron chi connectivity index (χ0n) is 18.5. The number of hydrogen-bond acceptors (Lipinski definition) is 5. The molecule has 1 aliphatic heterocycles. The van der Waals surface area contributed by atoms with Gasteiger partial charge in [0, 0.05) is 4.47 Å². The summed E-state index contributed by atoms with van der Waals surface area (Å²) in [4.78, 5) is 15.4. The van der Waals surface area contributed by atoms with Crippen LogP contribution < -0.4 is 0 Å². The van der Waals surface area contributed by atoms with Gasteiger partial charge in [-0.2, -0.15) is 5.10 Å². The van der Waals surface area contributed by atoms with Crippen molar-refractivity contribution in [3.8, 4) is 11.1 Å². The summed E-state index contributed by atoms with van der Waals surface area (Å²) in [6.07, 6.45) is 5.15. The lowest BCUT2D eigenvalue weighted by Gasteiger charge is -2.12. The van der Waals surface area contributed by atoms with E-state index in [4.69, 9.17) is 4.42 Å². The van der Waals surface area contributed by atoms with Crippen LogP contribution in [0.25, 0.3) is 17.2 Å². The lowest BCUT2D eigenvalue weighted by Crippen LogP contribution is -2.28. The molecule has 0 radical (unpaired) electrons. The molecule has 0 unspecified atom stereocenters. The molecule has 1 aliphatic rings. The van der Waals surface area contributed by atoms with Crippen molar-refractivity contribution in [1.29, 1.82) is 0 Å². The molecule has 1 saturated heterocycles. The third-order valence-corrected chi connectivity index (χ3v) is 6.84. The van der Waals surface area contributed by atoms with E-state index in [2.05, 4.69) is 50.4 Å². The number of carbonyl (C=O) groups excluding carboxylic acids is 1. The van der Waals surface area contributed by atoms with Gasteiger partial charge in [-0.05, 0) is 64.4 Å². The predicted molar refractivity (Wildman–Crippen MR) is 146 cm³/mol. The van der Waals surface area contributed by atoms with Crippen LogP contribution in [0.15, 0.2) is 121 Å². The second-order valence-electron chi connectivity index (χ2n) is 7.75. The lowest BCUT2D eigenvalue weighted by atomic mass is 10.0. The van der Waals surface area contributed by atoms with Gasteiger partial charge in [-0.1, -0.05) is 82.7 Å². The Kier molecular flexibility index (Phi) is 7.07. The summed E-state index contributed by atoms with van der Waals surface area (Å²) >= 11 is 4.73. The first-order chi connectivity index (χ1) is 17.2. The molecule has 5 nitrogen and oxygen atoms in total. The minimum absolute atomic E-state index is 0.129. The number of amides is 1. The third kappa shape index (κ3) is 5.70. The minimum atomic E-state index is -0.129. The summed E-state index contributed by atoms with van der Waals surface area (Å²) in [6, 6.07) is 29.7. The number of rotatable bonds is 6. The first-order valence-corrected chi connectivity index (χ1v) is 12.5. The number of halogens is 1. The summed E-state index contributed by atoms with van der Waals surface area (Å²) in [5, 5.41) is 9.09. The van der Waals surface area contributed by atoms with E-state index in [1.165, 1.54) is 11.8 Å². The highest BCUT2D eigenvalue weighted by Gasteiger charge is 2.34. The van der Waals surface area contributed by atoms with E-state index in [1.54, 1.807) is 23.4 Å². The fourth-order valence-corrected chi connectivity index (χ4v) is 4.73. The van der Waals surface area contributed by atoms with Crippen LogP contribution in [0, 0.1) is 0 Å². The van der Waals surface area contributed by atoms with E-state index in [0.29, 0.717) is 15.8 Å². The Hall–Kier alpha value is -3.68. The molecule has 0 spiro atoms. The van der Waals surface area contributed by atoms with Crippen LogP contribution in [0.1, 0.15) is 16.9 Å². The Bertz CT molecular complexity index is 1400. The molecule has 35 heavy (non-hydrogen) atoms. The largest absolute Gasteiger partial charge is 0.467 e. The first-order valence-electron chi connectivity index (χ1n) is 10.9. The molecule has 4 aromatic rings. The summed E-state index contributed by atoms with van der Waals surface area (Å²) in [7, 11) is 0. The van der Waals surface area contributed by atoms with Crippen molar-refractivity contribution >= 4 is 51.1 Å². The number of carbonyl (C=O) groups is 1. The number of furan rings is 1. The molecular weight excluding hydrogens is 522 g/mol. The maximum absolute atomic E-state index is 13.3. The summed E-state index contributed by atoms with van der Waals surface area (Å²) < 4.78 is 6.46. The van der Waals surface area contributed by atoms with Gasteiger partial charge >= 0.3 is 0 Å². The highest BCUT2D eigenvalue weighted by Crippen LogP contribution is 2.34. The van der Waals surface area contributed by atoms with Crippen molar-refractivity contribution in [1.82, 2.24) is 4.90 Å². The van der Waals surface area contributed by atoms with Gasteiger partial charge < -0.3 is 4.42 Å². The second kappa shape index (κ2) is 10.7. The van der Waals surface area contributed by atoms with Crippen LogP contribution >= 0.6 is 27.7 Å². The van der Waals surface area contributed by atoms with Crippen LogP contribution in [0.5, 0.6) is 0 Å². The van der Waals surface area contributed by atoms with Gasteiger partial charge in [-0.25, -0.2) is 0 Å². The summed E-state index contributed by atoms with van der Waals surface area (Å²) in [5.41, 5.74) is 4.14. The Morgan fingerprint density at radius 2 is 1.57 bits per heavy atom. The van der Waals surface area contributed by atoms with Gasteiger partial charge in [0.1, 0.15) is 5.76 Å². The predicted octanol–water partition coefficient (Wildman–Crippen LogP) is 7.22. The van der Waals surface area contributed by atoms with E-state index in [0.717, 1.165) is 26.7 Å². The van der Waals surface area contributed by atoms with E-state index >= 15 is 0 Å². The number of hydrogen-bond donors (Lipinski definition) is 0. The smallest absolute Gasteiger partial charge is 0.267 e. The van der Waals surface area contributed by atoms with Crippen LogP contribution in [-0.4, -0.2) is 22.2 Å². The average Bonchev–Trinajstić information content (AvgIpc) is 3.51. The van der Waals surface area contributed by atoms with E-state index in [9.17, 15) is 4.79 Å². The summed E-state index contributed by atoms with van der Waals surface area (Å²) in [5.74, 6) is 0.549. The molecule has 1 amide bonds. The highest BCUT2D eigenvalue weighted by atomic mass is 79.9. The van der Waals surface area contributed by atoms with Crippen molar-refractivity contribution in [2.24, 2.45) is 10.2 Å². The van der Waals surface area contributed by atoms with Crippen molar-refractivity contribution in [3.05, 3.63) is 124 Å². The second-order valence-corrected chi connectivity index (χ2v) is 9.67. The Morgan fingerprint density at radius 3 is 2.29 bits per heavy atom. The van der Waals surface area contributed by atoms with Crippen molar-refractivity contribution < 1.29 is 9.21 Å². The number of benzene rings is 3. The molecule has 172 valence electrons. The van der Waals surface area contributed by atoms with Gasteiger partial charge in [0.05, 0.1) is 23.9 Å². The molecule has 1 fully saturated rings. The topological polar surface area (TPSA) is 58.2 Å². The molecule has 5 rings (SSSR count). The molecule has 3 aromatic carbocycles. The van der Waals surface area contributed by atoms with E-state index < -0.39 is 0 Å². The van der Waals surface area contributed by atoms with Gasteiger partial charge in [0.2, 0.25) is 0 Å². The third-order valence-electron chi connectivity index (χ3n) is 5.32. The Balaban J connectivity index is 1.39. The van der Waals surface area contributed by atoms with E-state index in [1.807, 2.05) is 66.7 Å². The van der Waals surface area contributed by atoms with E-state index in [-0.39, 0.29) is 12.5 Å². The molecule has 0 saturated carbocycles. The number of thioether (sulfide) groups is 1. The lowest BCUT2D eigenvalue weighted by molar-refractivity contribution is -0.122. The van der Waals surface area contributed by atoms with Gasteiger partial charge in [-0.15, -0.1) is 5.10 Å². The average molecular weight is 542 g/mol. The number of nitrogens with zero attached hydrogens (tertiary/aromatic N) is 3. The first kappa shape index (κ1) is 23.1. The standard InChI is InChI=1S/C28H20BrN3O2S/c29-24-14-10-21(11-15-24)18-30-31-28-32(19-25-7-4-16-34-25)27(33)26(35-28)17-20-8-12-23(13-9-20)22-5-2-1-3-6-22/h1-18H,19H2/b26-17-,30-18-,31-28+. The van der Waals surface area contributed by atoms with Crippen LogP contribution in [-0.2, 0) is 11.3 Å². The highest BCUT2D eigenvalue weighted by molar-refractivity contribution is 9.10. The maximum Gasteiger partial charge on any atom is 0.267 e. The molecule has 0 N–H and O–H groups in total. The quantitative estimate of drug-likeness (QED) is 0.147. The van der Waals surface area contributed by atoms with Crippen LogP contribution in [0.2, 0.25) is 0 Å². The molecule has 0 bridgehead atoms. The molecule has 0 aliphatic carbocycles. The molecular formula is C28H20BrN3O2S. The minimum Gasteiger partial charge on any atom is -0.467 e. The van der Waals surface area contributed by atoms with Crippen LogP contribution in [0.4, 0.5) is 0 Å². The number of amidine groups is 1. The molecule has 0 atom stereocenters. The van der Waals surface area contributed by atoms with Gasteiger partial charge in [0.15, 0.2) is 5.17 Å². The van der Waals surface area contributed by atoms with Gasteiger partial charge in [-0.3, -0.25) is 9.69 Å². The Morgan fingerprint density at radius 1 is 0.857 bits per heavy atom. The fourth-order valence-electron chi connectivity index (χ4n) is 3.53. The normalized spacial score (nSPS) is 16.1.